The lowest BCUT2D eigenvalue weighted by Crippen LogP contribution is -2.47. The lowest BCUT2D eigenvalue weighted by Gasteiger charge is -2.33. The van der Waals surface area contributed by atoms with E-state index in [9.17, 15) is 0 Å². The van der Waals surface area contributed by atoms with E-state index < -0.39 is 22.6 Å². The van der Waals surface area contributed by atoms with E-state index >= 15 is 0 Å². The van der Waals surface area contributed by atoms with Crippen LogP contribution in [0.15, 0.2) is 0 Å². The van der Waals surface area contributed by atoms with Crippen LogP contribution >= 0.6 is 36.2 Å². The van der Waals surface area contributed by atoms with Crippen LogP contribution in [0.25, 0.3) is 0 Å². The molecule has 0 fully saturated rings. The topological polar surface area (TPSA) is 18.5 Å². The zero-order valence-corrected chi connectivity index (χ0v) is 14.3. The highest BCUT2D eigenvalue weighted by Crippen LogP contribution is 2.25. The third kappa shape index (κ3) is 9.91. The molecule has 0 aliphatic carbocycles. The van der Waals surface area contributed by atoms with Gasteiger partial charge in [0.05, 0.1) is 0 Å². The molecule has 0 bridgehead atoms. The summed E-state index contributed by atoms with van der Waals surface area (Å²) in [7, 11) is -6.01. The maximum absolute atomic E-state index is 5.77. The molecule has 0 aliphatic heterocycles. The monoisotopic (exact) mass is 290 g/mol. The van der Waals surface area contributed by atoms with Crippen molar-refractivity contribution in [2.24, 2.45) is 0 Å². The molecule has 13 heavy (non-hydrogen) atoms. The van der Waals surface area contributed by atoms with E-state index in [0.29, 0.717) is 0 Å². The third-order valence-corrected chi connectivity index (χ3v) is 11.2. The van der Waals surface area contributed by atoms with Crippen LogP contribution in [-0.4, -0.2) is 22.6 Å². The molecule has 80 valence electrons. The van der Waals surface area contributed by atoms with Gasteiger partial charge < -0.3 is 8.23 Å². The van der Waals surface area contributed by atoms with E-state index in [0.717, 1.165) is 0 Å². The fraction of sp³-hybridized carbons (Fsp3) is 1.00. The fourth-order valence-electron chi connectivity index (χ4n) is 0.948. The zero-order chi connectivity index (χ0) is 10.9. The second kappa shape index (κ2) is 4.64. The Morgan fingerprint density at radius 1 is 0.692 bits per heavy atom. The second-order valence-electron chi connectivity index (χ2n) is 4.00. The molecule has 0 heterocycles. The maximum atomic E-state index is 5.77. The van der Waals surface area contributed by atoms with Crippen LogP contribution in [0.2, 0.25) is 32.7 Å². The van der Waals surface area contributed by atoms with Crippen molar-refractivity contribution < 1.29 is 8.23 Å². The van der Waals surface area contributed by atoms with Crippen molar-refractivity contribution in [3.05, 3.63) is 0 Å². The first-order valence-corrected chi connectivity index (χ1v) is 16.0. The highest BCUT2D eigenvalue weighted by Gasteiger charge is 2.38. The van der Waals surface area contributed by atoms with Crippen LogP contribution in [0, 0.1) is 0 Å². The Bertz CT molecular complexity index is 157. The smallest absolute Gasteiger partial charge is 0.380 e. The Morgan fingerprint density at radius 2 is 0.923 bits per heavy atom. The van der Waals surface area contributed by atoms with Crippen LogP contribution in [0.4, 0.5) is 0 Å². The van der Waals surface area contributed by atoms with Crippen LogP contribution in [0.3, 0.4) is 0 Å². The van der Waals surface area contributed by atoms with E-state index in [1.165, 1.54) is 0 Å². The van der Waals surface area contributed by atoms with Crippen molar-refractivity contribution in [1.29, 1.82) is 0 Å². The molecule has 0 aromatic rings. The summed E-state index contributed by atoms with van der Waals surface area (Å²) in [5, 5.41) is 0. The Kier molecular flexibility index (Phi) is 5.22. The van der Waals surface area contributed by atoms with Gasteiger partial charge in [-0.05, 0) is 32.7 Å². The predicted molar refractivity (Wildman–Crippen MR) is 75.7 cm³/mol. The normalized spacial score (nSPS) is 14.8. The van der Waals surface area contributed by atoms with E-state index in [1.807, 2.05) is 32.7 Å². The first-order valence-electron chi connectivity index (χ1n) is 3.99. The summed E-state index contributed by atoms with van der Waals surface area (Å²) >= 11 is 13.3. The van der Waals surface area contributed by atoms with Gasteiger partial charge in [0.15, 0.2) is 0 Å². The minimum absolute atomic E-state index is 1.85. The molecular formula is C5H18O2S3Si3. The summed E-state index contributed by atoms with van der Waals surface area (Å²) in [5.41, 5.74) is 0. The van der Waals surface area contributed by atoms with Crippen LogP contribution < -0.4 is 0 Å². The number of thiol groups is 3. The van der Waals surface area contributed by atoms with Crippen LogP contribution in [0.1, 0.15) is 0 Å². The molecule has 0 radical (unpaired) electrons. The quantitative estimate of drug-likeness (QED) is 0.546. The van der Waals surface area contributed by atoms with Crippen molar-refractivity contribution in [2.45, 2.75) is 32.7 Å². The van der Waals surface area contributed by atoms with E-state index in [-0.39, 0.29) is 0 Å². The van der Waals surface area contributed by atoms with Gasteiger partial charge in [-0.2, -0.15) is 24.2 Å². The van der Waals surface area contributed by atoms with Crippen molar-refractivity contribution >= 4 is 58.9 Å². The molecule has 0 saturated carbocycles. The van der Waals surface area contributed by atoms with Gasteiger partial charge in [0.2, 0.25) is 14.9 Å². The Balaban J connectivity index is 4.25. The molecule has 0 saturated heterocycles. The van der Waals surface area contributed by atoms with Crippen LogP contribution in [0.5, 0.6) is 0 Å². The molecule has 8 heteroatoms. The van der Waals surface area contributed by atoms with Crippen molar-refractivity contribution in [2.75, 3.05) is 0 Å². The summed E-state index contributed by atoms with van der Waals surface area (Å²) < 4.78 is 11.5. The molecule has 0 unspecified atom stereocenters. The van der Waals surface area contributed by atoms with Gasteiger partial charge in [0.1, 0.15) is 0 Å². The molecule has 0 N–H and O–H groups in total. The first-order chi connectivity index (χ1) is 5.41. The van der Waals surface area contributed by atoms with Gasteiger partial charge >= 0.3 is 7.71 Å². The minimum atomic E-state index is -2.31. The SMILES string of the molecule is C[Si](C)(S)O[Si](C)(S)O[Si](C)(C)S. The van der Waals surface area contributed by atoms with Gasteiger partial charge in [0, 0.05) is 0 Å². The molecule has 2 nitrogen and oxygen atoms in total. The van der Waals surface area contributed by atoms with E-state index in [2.05, 4.69) is 36.2 Å². The Hall–Kier alpha value is 1.62. The standard InChI is InChI=1S/C5H18O2S3Si3/c1-11(2,8)6-13(5,10)7-12(3,4)9/h8-10H,1-5H3. The molecule has 0 rings (SSSR count). The van der Waals surface area contributed by atoms with Gasteiger partial charge in [-0.25, -0.2) is 0 Å². The lowest BCUT2D eigenvalue weighted by atomic mass is 11.9. The van der Waals surface area contributed by atoms with E-state index in [1.54, 1.807) is 0 Å². The van der Waals surface area contributed by atoms with Crippen molar-refractivity contribution in [3.8, 4) is 0 Å². The fourth-order valence-corrected chi connectivity index (χ4v) is 17.4. The van der Waals surface area contributed by atoms with Crippen molar-refractivity contribution in [3.63, 3.8) is 0 Å². The van der Waals surface area contributed by atoms with E-state index in [4.69, 9.17) is 8.23 Å². The summed E-state index contributed by atoms with van der Waals surface area (Å²) in [6, 6.07) is 0. The minimum Gasteiger partial charge on any atom is -0.420 e. The molecule has 0 aromatic carbocycles. The van der Waals surface area contributed by atoms with Gasteiger partial charge in [-0.1, -0.05) is 0 Å². The van der Waals surface area contributed by atoms with Crippen LogP contribution in [-0.2, 0) is 8.23 Å². The molecule has 0 aliphatic rings. The number of rotatable bonds is 4. The number of hydrogen-bond donors (Lipinski definition) is 3. The first kappa shape index (κ1) is 14.6. The number of hydrogen-bond acceptors (Lipinski definition) is 5. The predicted octanol–water partition coefficient (Wildman–Crippen LogP) is 2.78. The molecule has 0 aromatic heterocycles. The molecular weight excluding hydrogens is 273 g/mol. The van der Waals surface area contributed by atoms with Gasteiger partial charge in [0.25, 0.3) is 0 Å². The van der Waals surface area contributed by atoms with Gasteiger partial charge in [-0.15, -0.1) is 12.1 Å². The average Bonchev–Trinajstić information content (AvgIpc) is 1.43. The highest BCUT2D eigenvalue weighted by atomic mass is 32.3. The summed E-state index contributed by atoms with van der Waals surface area (Å²) in [5.74, 6) is 0. The summed E-state index contributed by atoms with van der Waals surface area (Å²) in [4.78, 5) is 0. The maximum Gasteiger partial charge on any atom is 0.380 e. The Labute approximate surface area is 99.5 Å². The molecule has 0 spiro atoms. The molecule has 0 atom stereocenters. The summed E-state index contributed by atoms with van der Waals surface area (Å²) in [6.45, 7) is 9.95. The average molecular weight is 291 g/mol. The van der Waals surface area contributed by atoms with Crippen molar-refractivity contribution in [1.82, 2.24) is 0 Å². The largest absolute Gasteiger partial charge is 0.420 e. The summed E-state index contributed by atoms with van der Waals surface area (Å²) in [6.07, 6.45) is 0. The van der Waals surface area contributed by atoms with Gasteiger partial charge in [-0.3, -0.25) is 0 Å². The lowest BCUT2D eigenvalue weighted by molar-refractivity contribution is 0.432. The Morgan fingerprint density at radius 3 is 1.08 bits per heavy atom. The highest BCUT2D eigenvalue weighted by molar-refractivity contribution is 8.17. The second-order valence-corrected chi connectivity index (χ2v) is 22.1. The third-order valence-electron chi connectivity index (χ3n) is 0.878. The molecule has 0 amide bonds. The zero-order valence-electron chi connectivity index (χ0n) is 8.66.